The molecule has 1 aliphatic rings. The second-order valence-corrected chi connectivity index (χ2v) is 13.7. The van der Waals surface area contributed by atoms with E-state index in [1.807, 2.05) is 6.07 Å². The van der Waals surface area contributed by atoms with Crippen LogP contribution in [-0.2, 0) is 10.8 Å². The molecule has 0 aliphatic heterocycles. The SMILES string of the molecule is CC1(C)CC(C)(C)c2cc(-c3ccccc3N(c3cccc(-c4ccccc4)c3)c3cccc4oc5ccccc5c34)ccc21. The van der Waals surface area contributed by atoms with Crippen molar-refractivity contribution in [2.45, 2.75) is 44.9 Å². The Morgan fingerprint density at radius 1 is 0.511 bits per heavy atom. The fraction of sp³-hybridized carbons (Fsp3) is 0.163. The van der Waals surface area contributed by atoms with E-state index in [1.54, 1.807) is 0 Å². The topological polar surface area (TPSA) is 16.4 Å². The van der Waals surface area contributed by atoms with Gasteiger partial charge in [0.05, 0.1) is 16.8 Å². The average Bonchev–Trinajstić information content (AvgIpc) is 3.53. The Labute approximate surface area is 265 Å². The van der Waals surface area contributed by atoms with Gasteiger partial charge in [0.1, 0.15) is 11.2 Å². The summed E-state index contributed by atoms with van der Waals surface area (Å²) >= 11 is 0. The van der Waals surface area contributed by atoms with E-state index in [-0.39, 0.29) is 10.8 Å². The Hall–Kier alpha value is -5.08. The van der Waals surface area contributed by atoms with Crippen molar-refractivity contribution < 1.29 is 4.42 Å². The number of benzene rings is 6. The van der Waals surface area contributed by atoms with E-state index in [0.29, 0.717) is 0 Å². The molecule has 0 fully saturated rings. The smallest absolute Gasteiger partial charge is 0.137 e. The van der Waals surface area contributed by atoms with Crippen molar-refractivity contribution in [3.63, 3.8) is 0 Å². The van der Waals surface area contributed by atoms with Gasteiger partial charge in [-0.25, -0.2) is 0 Å². The van der Waals surface area contributed by atoms with Crippen LogP contribution in [-0.4, -0.2) is 0 Å². The molecule has 0 unspecified atom stereocenters. The highest BCUT2D eigenvalue weighted by Gasteiger charge is 2.41. The number of hydrogen-bond donors (Lipinski definition) is 0. The van der Waals surface area contributed by atoms with Crippen molar-refractivity contribution in [2.24, 2.45) is 0 Å². The standard InChI is InChI=1S/C43H37NO/c1-42(2)28-43(3,4)36-27-31(24-25-35(36)42)33-18-8-10-20-37(33)44(32-17-12-16-30(26-32)29-14-6-5-7-15-29)38-21-13-23-40-41(38)34-19-9-11-22-39(34)45-40/h5-27H,28H2,1-4H3. The molecule has 2 nitrogen and oxygen atoms in total. The maximum atomic E-state index is 6.39. The van der Waals surface area contributed by atoms with Gasteiger partial charge in [-0.1, -0.05) is 131 Å². The van der Waals surface area contributed by atoms with E-state index < -0.39 is 0 Å². The highest BCUT2D eigenvalue weighted by molar-refractivity contribution is 6.13. The zero-order valence-corrected chi connectivity index (χ0v) is 26.3. The molecule has 0 radical (unpaired) electrons. The van der Waals surface area contributed by atoms with Gasteiger partial charge in [-0.3, -0.25) is 0 Å². The molecule has 0 atom stereocenters. The summed E-state index contributed by atoms with van der Waals surface area (Å²) in [6.45, 7) is 9.54. The van der Waals surface area contributed by atoms with Crippen molar-refractivity contribution in [1.29, 1.82) is 0 Å². The third-order valence-corrected chi connectivity index (χ3v) is 9.65. The molecule has 220 valence electrons. The number of para-hydroxylation sites is 2. The number of furan rings is 1. The number of anilines is 3. The predicted molar refractivity (Wildman–Crippen MR) is 190 cm³/mol. The lowest BCUT2D eigenvalue weighted by atomic mass is 9.82. The quantitative estimate of drug-likeness (QED) is 0.200. The summed E-state index contributed by atoms with van der Waals surface area (Å²) in [4.78, 5) is 2.42. The van der Waals surface area contributed by atoms with E-state index in [4.69, 9.17) is 4.42 Å². The van der Waals surface area contributed by atoms with E-state index in [0.717, 1.165) is 45.4 Å². The highest BCUT2D eigenvalue weighted by Crippen LogP contribution is 2.52. The van der Waals surface area contributed by atoms with Crippen molar-refractivity contribution in [1.82, 2.24) is 0 Å². The molecule has 45 heavy (non-hydrogen) atoms. The van der Waals surface area contributed by atoms with Gasteiger partial charge in [-0.15, -0.1) is 0 Å². The van der Waals surface area contributed by atoms with Crippen LogP contribution in [0.5, 0.6) is 0 Å². The van der Waals surface area contributed by atoms with Gasteiger partial charge in [0, 0.05) is 16.6 Å². The summed E-state index contributed by atoms with van der Waals surface area (Å²) in [5, 5.41) is 2.23. The van der Waals surface area contributed by atoms with Crippen molar-refractivity contribution in [3.05, 3.63) is 151 Å². The number of rotatable bonds is 5. The van der Waals surface area contributed by atoms with Gasteiger partial charge in [0.25, 0.3) is 0 Å². The first-order valence-electron chi connectivity index (χ1n) is 15.9. The fourth-order valence-corrected chi connectivity index (χ4v) is 7.88. The van der Waals surface area contributed by atoms with E-state index >= 15 is 0 Å². The minimum absolute atomic E-state index is 0.120. The molecule has 0 N–H and O–H groups in total. The molecule has 1 heterocycles. The molecule has 8 rings (SSSR count). The summed E-state index contributed by atoms with van der Waals surface area (Å²) in [6, 6.07) is 50.3. The van der Waals surface area contributed by atoms with Crippen LogP contribution in [0.15, 0.2) is 144 Å². The summed E-state index contributed by atoms with van der Waals surface area (Å²) in [6.07, 6.45) is 1.15. The van der Waals surface area contributed by atoms with E-state index in [9.17, 15) is 0 Å². The highest BCUT2D eigenvalue weighted by atomic mass is 16.3. The van der Waals surface area contributed by atoms with Gasteiger partial charge < -0.3 is 9.32 Å². The first-order valence-corrected chi connectivity index (χ1v) is 15.9. The van der Waals surface area contributed by atoms with Crippen LogP contribution >= 0.6 is 0 Å². The molecule has 0 bridgehead atoms. The van der Waals surface area contributed by atoms with E-state index in [1.165, 1.54) is 33.4 Å². The first kappa shape index (κ1) is 27.5. The van der Waals surface area contributed by atoms with Gasteiger partial charge in [0.15, 0.2) is 0 Å². The average molecular weight is 584 g/mol. The Balaban J connectivity index is 1.39. The van der Waals surface area contributed by atoms with Gasteiger partial charge >= 0.3 is 0 Å². The summed E-state index contributed by atoms with van der Waals surface area (Å²) < 4.78 is 6.39. The maximum Gasteiger partial charge on any atom is 0.137 e. The van der Waals surface area contributed by atoms with Crippen LogP contribution in [0.4, 0.5) is 17.1 Å². The zero-order chi connectivity index (χ0) is 30.8. The largest absolute Gasteiger partial charge is 0.456 e. The normalized spacial score (nSPS) is 14.9. The minimum atomic E-state index is 0.120. The molecule has 1 aromatic heterocycles. The Morgan fingerprint density at radius 2 is 1.18 bits per heavy atom. The summed E-state index contributed by atoms with van der Waals surface area (Å²) in [5.74, 6) is 0. The van der Waals surface area contributed by atoms with Crippen LogP contribution < -0.4 is 4.90 Å². The number of fused-ring (bicyclic) bond motifs is 4. The van der Waals surface area contributed by atoms with E-state index in [2.05, 4.69) is 166 Å². The molecule has 0 amide bonds. The Morgan fingerprint density at radius 3 is 2.04 bits per heavy atom. The first-order chi connectivity index (χ1) is 21.8. The van der Waals surface area contributed by atoms with Gasteiger partial charge in [-0.2, -0.15) is 0 Å². The molecule has 1 aliphatic carbocycles. The molecule has 7 aromatic rings. The second kappa shape index (κ2) is 10.2. The zero-order valence-electron chi connectivity index (χ0n) is 26.3. The lowest BCUT2D eigenvalue weighted by Crippen LogP contribution is -2.17. The third-order valence-electron chi connectivity index (χ3n) is 9.65. The molecule has 0 saturated heterocycles. The van der Waals surface area contributed by atoms with Crippen LogP contribution in [0, 0.1) is 0 Å². The predicted octanol–water partition coefficient (Wildman–Crippen LogP) is 12.3. The Kier molecular flexibility index (Phi) is 6.25. The van der Waals surface area contributed by atoms with Gasteiger partial charge in [-0.05, 0) is 81.5 Å². The number of hydrogen-bond acceptors (Lipinski definition) is 2. The van der Waals surface area contributed by atoms with Crippen LogP contribution in [0.25, 0.3) is 44.2 Å². The lowest BCUT2D eigenvalue weighted by Gasteiger charge is -2.29. The molecule has 0 saturated carbocycles. The monoisotopic (exact) mass is 583 g/mol. The van der Waals surface area contributed by atoms with Crippen molar-refractivity contribution >= 4 is 39.0 Å². The molecular formula is C43H37NO. The molecule has 6 aromatic carbocycles. The van der Waals surface area contributed by atoms with Crippen LogP contribution in [0.3, 0.4) is 0 Å². The molecule has 0 spiro atoms. The second-order valence-electron chi connectivity index (χ2n) is 13.7. The molecular weight excluding hydrogens is 546 g/mol. The van der Waals surface area contributed by atoms with Crippen LogP contribution in [0.1, 0.15) is 45.2 Å². The van der Waals surface area contributed by atoms with Crippen molar-refractivity contribution in [2.75, 3.05) is 4.90 Å². The summed E-state index contributed by atoms with van der Waals surface area (Å²) in [5.41, 5.74) is 13.1. The van der Waals surface area contributed by atoms with Crippen molar-refractivity contribution in [3.8, 4) is 22.3 Å². The summed E-state index contributed by atoms with van der Waals surface area (Å²) in [7, 11) is 0. The van der Waals surface area contributed by atoms with Crippen LogP contribution in [0.2, 0.25) is 0 Å². The number of nitrogens with zero attached hydrogens (tertiary/aromatic N) is 1. The minimum Gasteiger partial charge on any atom is -0.456 e. The maximum absolute atomic E-state index is 6.39. The molecule has 2 heteroatoms. The lowest BCUT2D eigenvalue weighted by molar-refractivity contribution is 0.403. The van der Waals surface area contributed by atoms with Gasteiger partial charge in [0.2, 0.25) is 0 Å². The third kappa shape index (κ3) is 4.56. The fourth-order valence-electron chi connectivity index (χ4n) is 7.88. The Bertz CT molecular complexity index is 2200.